The van der Waals surface area contributed by atoms with E-state index in [2.05, 4.69) is 10.1 Å². The molecule has 1 atom stereocenters. The highest BCUT2D eigenvalue weighted by atomic mass is 35.5. The average molecular weight is 350 g/mol. The number of rotatable bonds is 2. The zero-order chi connectivity index (χ0) is 17.3. The van der Waals surface area contributed by atoms with Gasteiger partial charge in [-0.05, 0) is 45.7 Å². The average Bonchev–Trinajstić information content (AvgIpc) is 3.14. The highest BCUT2D eigenvalue weighted by Gasteiger charge is 2.35. The molecule has 0 saturated carbocycles. The summed E-state index contributed by atoms with van der Waals surface area (Å²) in [6.07, 6.45) is 3.00. The summed E-state index contributed by atoms with van der Waals surface area (Å²) in [6, 6.07) is 5.27. The molecule has 6 nitrogen and oxygen atoms in total. The number of hydrogen-bond donors (Lipinski definition) is 0. The Balaban J connectivity index is 1.81. The lowest BCUT2D eigenvalue weighted by atomic mass is 10.1. The molecule has 2 aromatic heterocycles. The van der Waals surface area contributed by atoms with Crippen LogP contribution in [0, 0.1) is 0 Å². The summed E-state index contributed by atoms with van der Waals surface area (Å²) in [5.41, 5.74) is 0.787. The fraction of sp³-hybridized carbons (Fsp3) is 0.471. The molecule has 3 rings (SSSR count). The van der Waals surface area contributed by atoms with Crippen LogP contribution in [0.15, 0.2) is 28.9 Å². The molecule has 128 valence electrons. The summed E-state index contributed by atoms with van der Waals surface area (Å²) in [4.78, 5) is 18.1. The van der Waals surface area contributed by atoms with Crippen LogP contribution in [0.2, 0.25) is 5.15 Å². The van der Waals surface area contributed by atoms with Crippen LogP contribution in [-0.2, 0) is 4.74 Å². The number of pyridine rings is 1. The molecule has 1 amide bonds. The Morgan fingerprint density at radius 2 is 2.25 bits per heavy atom. The van der Waals surface area contributed by atoms with Crippen molar-refractivity contribution in [2.75, 3.05) is 6.54 Å². The zero-order valence-electron chi connectivity index (χ0n) is 14.0. The van der Waals surface area contributed by atoms with Crippen molar-refractivity contribution < 1.29 is 14.1 Å². The first-order valence-electron chi connectivity index (χ1n) is 7.92. The molecule has 24 heavy (non-hydrogen) atoms. The maximum atomic E-state index is 12.4. The van der Waals surface area contributed by atoms with Gasteiger partial charge in [0.05, 0.1) is 6.04 Å². The van der Waals surface area contributed by atoms with E-state index in [0.717, 1.165) is 12.8 Å². The van der Waals surface area contributed by atoms with Crippen LogP contribution in [0.3, 0.4) is 0 Å². The second-order valence-electron chi connectivity index (χ2n) is 6.79. The van der Waals surface area contributed by atoms with Crippen LogP contribution >= 0.6 is 11.6 Å². The molecule has 1 aliphatic rings. The Kier molecular flexibility index (Phi) is 4.49. The third-order valence-electron chi connectivity index (χ3n) is 3.77. The van der Waals surface area contributed by atoms with Crippen molar-refractivity contribution in [2.45, 2.75) is 45.3 Å². The third kappa shape index (κ3) is 3.53. The number of carbonyl (C=O) groups is 1. The van der Waals surface area contributed by atoms with Gasteiger partial charge in [-0.25, -0.2) is 9.78 Å². The summed E-state index contributed by atoms with van der Waals surface area (Å²) >= 11 is 6.10. The molecule has 1 unspecified atom stereocenters. The van der Waals surface area contributed by atoms with E-state index in [1.807, 2.05) is 32.9 Å². The predicted molar refractivity (Wildman–Crippen MR) is 89.7 cm³/mol. The summed E-state index contributed by atoms with van der Waals surface area (Å²) < 4.78 is 11.0. The van der Waals surface area contributed by atoms with Crippen molar-refractivity contribution in [3.8, 4) is 11.3 Å². The molecule has 0 aromatic carbocycles. The lowest BCUT2D eigenvalue weighted by molar-refractivity contribution is 0.0204. The largest absolute Gasteiger partial charge is 0.444 e. The molecule has 0 radical (unpaired) electrons. The number of hydrogen-bond acceptors (Lipinski definition) is 5. The number of halogens is 1. The van der Waals surface area contributed by atoms with Crippen LogP contribution in [0.5, 0.6) is 0 Å². The molecule has 2 aromatic rings. The van der Waals surface area contributed by atoms with Crippen LogP contribution < -0.4 is 0 Å². The maximum Gasteiger partial charge on any atom is 0.410 e. The Bertz CT molecular complexity index is 739. The van der Waals surface area contributed by atoms with E-state index < -0.39 is 5.60 Å². The minimum atomic E-state index is -0.528. The first-order valence-corrected chi connectivity index (χ1v) is 8.30. The fourth-order valence-electron chi connectivity index (χ4n) is 2.75. The first kappa shape index (κ1) is 16.8. The monoisotopic (exact) mass is 349 g/mol. The Labute approximate surface area is 145 Å². The summed E-state index contributed by atoms with van der Waals surface area (Å²) in [5, 5.41) is 4.45. The SMILES string of the molecule is CC(C)(C)OC(=O)N1CCCC1c1cc(-c2cccnc2Cl)no1. The minimum Gasteiger partial charge on any atom is -0.444 e. The summed E-state index contributed by atoms with van der Waals surface area (Å²) in [5.74, 6) is 0.633. The van der Waals surface area contributed by atoms with E-state index in [-0.39, 0.29) is 12.1 Å². The molecule has 0 spiro atoms. The third-order valence-corrected chi connectivity index (χ3v) is 4.07. The van der Waals surface area contributed by atoms with E-state index in [4.69, 9.17) is 20.9 Å². The van der Waals surface area contributed by atoms with Gasteiger partial charge in [0.1, 0.15) is 16.4 Å². The van der Waals surface area contributed by atoms with E-state index in [1.165, 1.54) is 0 Å². The predicted octanol–water partition coefficient (Wildman–Crippen LogP) is 4.46. The van der Waals surface area contributed by atoms with E-state index >= 15 is 0 Å². The lowest BCUT2D eigenvalue weighted by Gasteiger charge is -2.27. The van der Waals surface area contributed by atoms with Crippen molar-refractivity contribution >= 4 is 17.7 Å². The first-order chi connectivity index (χ1) is 11.3. The van der Waals surface area contributed by atoms with Gasteiger partial charge in [0, 0.05) is 24.4 Å². The van der Waals surface area contributed by atoms with Gasteiger partial charge in [-0.3, -0.25) is 4.90 Å². The molecule has 1 aliphatic heterocycles. The number of likely N-dealkylation sites (tertiary alicyclic amines) is 1. The Hall–Kier alpha value is -2.08. The highest BCUT2D eigenvalue weighted by Crippen LogP contribution is 2.35. The lowest BCUT2D eigenvalue weighted by Crippen LogP contribution is -2.36. The van der Waals surface area contributed by atoms with Crippen LogP contribution in [-0.4, -0.2) is 33.3 Å². The summed E-state index contributed by atoms with van der Waals surface area (Å²) in [7, 11) is 0. The van der Waals surface area contributed by atoms with Gasteiger partial charge in [0.15, 0.2) is 5.76 Å². The van der Waals surface area contributed by atoms with Crippen molar-refractivity contribution in [3.63, 3.8) is 0 Å². The quantitative estimate of drug-likeness (QED) is 0.748. The Morgan fingerprint density at radius 1 is 1.46 bits per heavy atom. The normalized spacial score (nSPS) is 18.0. The number of carbonyl (C=O) groups excluding carboxylic acids is 1. The van der Waals surface area contributed by atoms with Gasteiger partial charge in [-0.15, -0.1) is 0 Å². The molecule has 0 aliphatic carbocycles. The number of ether oxygens (including phenoxy) is 1. The fourth-order valence-corrected chi connectivity index (χ4v) is 2.97. The smallest absolute Gasteiger partial charge is 0.410 e. The van der Waals surface area contributed by atoms with Gasteiger partial charge >= 0.3 is 6.09 Å². The second-order valence-corrected chi connectivity index (χ2v) is 7.15. The number of aromatic nitrogens is 2. The van der Waals surface area contributed by atoms with E-state index in [0.29, 0.717) is 28.7 Å². The van der Waals surface area contributed by atoms with Gasteiger partial charge in [0.25, 0.3) is 0 Å². The van der Waals surface area contributed by atoms with Crippen molar-refractivity contribution in [1.29, 1.82) is 0 Å². The number of nitrogens with zero attached hydrogens (tertiary/aromatic N) is 3. The van der Waals surface area contributed by atoms with Gasteiger partial charge in [-0.2, -0.15) is 0 Å². The van der Waals surface area contributed by atoms with Crippen molar-refractivity contribution in [2.24, 2.45) is 0 Å². The van der Waals surface area contributed by atoms with Gasteiger partial charge < -0.3 is 9.26 Å². The zero-order valence-corrected chi connectivity index (χ0v) is 14.7. The maximum absolute atomic E-state index is 12.4. The minimum absolute atomic E-state index is 0.170. The molecule has 1 saturated heterocycles. The molecule has 1 fully saturated rings. The van der Waals surface area contributed by atoms with Crippen LogP contribution in [0.25, 0.3) is 11.3 Å². The summed E-state index contributed by atoms with van der Waals surface area (Å²) in [6.45, 7) is 6.20. The molecular weight excluding hydrogens is 330 g/mol. The topological polar surface area (TPSA) is 68.5 Å². The van der Waals surface area contributed by atoms with Crippen LogP contribution in [0.4, 0.5) is 4.79 Å². The molecule has 7 heteroatoms. The van der Waals surface area contributed by atoms with E-state index in [1.54, 1.807) is 17.2 Å². The van der Waals surface area contributed by atoms with Crippen molar-refractivity contribution in [3.05, 3.63) is 35.3 Å². The molecular formula is C17H20ClN3O3. The van der Waals surface area contributed by atoms with Gasteiger partial charge in [0.2, 0.25) is 0 Å². The van der Waals surface area contributed by atoms with Gasteiger partial charge in [-0.1, -0.05) is 16.8 Å². The highest BCUT2D eigenvalue weighted by molar-refractivity contribution is 6.32. The van der Waals surface area contributed by atoms with Crippen LogP contribution in [0.1, 0.15) is 45.4 Å². The van der Waals surface area contributed by atoms with Crippen molar-refractivity contribution in [1.82, 2.24) is 15.0 Å². The molecule has 3 heterocycles. The van der Waals surface area contributed by atoms with E-state index in [9.17, 15) is 4.79 Å². The number of amides is 1. The molecule has 0 N–H and O–H groups in total. The second kappa shape index (κ2) is 6.43. The Morgan fingerprint density at radius 3 is 2.96 bits per heavy atom. The molecule has 0 bridgehead atoms. The standard InChI is InChI=1S/C17H20ClN3O3/c1-17(2,3)23-16(22)21-9-5-7-13(21)14-10-12(20-24-14)11-6-4-8-19-15(11)18/h4,6,8,10,13H,5,7,9H2,1-3H3.